The molecule has 1 unspecified atom stereocenters. The quantitative estimate of drug-likeness (QED) is 0.646. The number of hydrogen-bond acceptors (Lipinski definition) is 5. The largest absolute Gasteiger partial charge is 0.339 e. The first kappa shape index (κ1) is 16.6. The molecule has 0 saturated carbocycles. The summed E-state index contributed by atoms with van der Waals surface area (Å²) in [5.74, 6) is -1.32. The molecule has 1 atom stereocenters. The van der Waals surface area contributed by atoms with Gasteiger partial charge in [-0.25, -0.2) is 12.7 Å². The summed E-state index contributed by atoms with van der Waals surface area (Å²) in [5, 5.41) is 0. The molecule has 0 radical (unpaired) electrons. The van der Waals surface area contributed by atoms with E-state index >= 15 is 0 Å². The Balaban J connectivity index is 1.94. The van der Waals surface area contributed by atoms with Gasteiger partial charge in [0, 0.05) is 38.0 Å². The Hall–Kier alpha value is -0.740. The van der Waals surface area contributed by atoms with Crippen molar-refractivity contribution in [3.63, 3.8) is 0 Å². The van der Waals surface area contributed by atoms with Gasteiger partial charge in [0.1, 0.15) is 0 Å². The minimum absolute atomic E-state index is 0.0371. The van der Waals surface area contributed by atoms with Gasteiger partial charge in [0.05, 0.1) is 12.0 Å². The summed E-state index contributed by atoms with van der Waals surface area (Å²) in [6.45, 7) is 0.921. The van der Waals surface area contributed by atoms with Crippen LogP contribution in [0.25, 0.3) is 0 Å². The van der Waals surface area contributed by atoms with Crippen molar-refractivity contribution in [2.45, 2.75) is 25.3 Å². The first-order valence-electron chi connectivity index (χ1n) is 6.73. The maximum atomic E-state index is 12.7. The lowest BCUT2D eigenvalue weighted by atomic mass is 10.1. The highest BCUT2D eigenvalue weighted by atomic mass is 32.3. The van der Waals surface area contributed by atoms with Crippen molar-refractivity contribution in [2.24, 2.45) is 5.92 Å². The van der Waals surface area contributed by atoms with E-state index in [1.807, 2.05) is 0 Å². The van der Waals surface area contributed by atoms with Gasteiger partial charge in [0.25, 0.3) is 0 Å². The lowest BCUT2D eigenvalue weighted by Gasteiger charge is -2.35. The fraction of sp³-hybridized carbons (Fsp3) is 0.909. The number of carbonyl (C=O) groups excluding carboxylic acids is 1. The summed E-state index contributed by atoms with van der Waals surface area (Å²) < 4.78 is 58.2. The molecule has 2 fully saturated rings. The van der Waals surface area contributed by atoms with Crippen LogP contribution in [0.5, 0.6) is 0 Å². The topological polar surface area (TPSA) is 91.8 Å². The van der Waals surface area contributed by atoms with Gasteiger partial charge >= 0.3 is 10.2 Å². The van der Waals surface area contributed by atoms with Gasteiger partial charge in [-0.2, -0.15) is 8.42 Å². The average molecular weight is 342 g/mol. The minimum Gasteiger partial charge on any atom is -0.339 e. The molecule has 2 saturated heterocycles. The number of halogens is 1. The van der Waals surface area contributed by atoms with Crippen LogP contribution in [0.3, 0.4) is 0 Å². The van der Waals surface area contributed by atoms with Crippen LogP contribution in [0, 0.1) is 5.92 Å². The third-order valence-electron chi connectivity index (χ3n) is 4.01. The van der Waals surface area contributed by atoms with Crippen LogP contribution in [0.2, 0.25) is 0 Å². The molecular formula is C11H19FN2O5S2. The molecule has 122 valence electrons. The molecule has 0 bridgehead atoms. The number of carbonyl (C=O) groups is 1. The zero-order valence-electron chi connectivity index (χ0n) is 11.7. The molecule has 1 amide bonds. The average Bonchev–Trinajstić information content (AvgIpc) is 2.66. The summed E-state index contributed by atoms with van der Waals surface area (Å²) in [6, 6.07) is -0.0946. The Morgan fingerprint density at radius 2 is 1.76 bits per heavy atom. The monoisotopic (exact) mass is 342 g/mol. The normalized spacial score (nSPS) is 26.5. The van der Waals surface area contributed by atoms with Crippen LogP contribution in [-0.2, 0) is 25.0 Å². The first-order chi connectivity index (χ1) is 9.56. The Bertz CT molecular complexity index is 611. The fourth-order valence-corrected chi connectivity index (χ4v) is 4.70. The summed E-state index contributed by atoms with van der Waals surface area (Å²) >= 11 is 0. The van der Waals surface area contributed by atoms with Crippen LogP contribution in [0.1, 0.15) is 19.3 Å². The molecule has 0 aromatic carbocycles. The highest BCUT2D eigenvalue weighted by molar-refractivity contribution is 7.88. The molecule has 0 spiro atoms. The van der Waals surface area contributed by atoms with Crippen molar-refractivity contribution >= 4 is 26.2 Å². The zero-order chi connectivity index (χ0) is 15.8. The van der Waals surface area contributed by atoms with E-state index in [9.17, 15) is 25.5 Å². The van der Waals surface area contributed by atoms with E-state index in [1.54, 1.807) is 4.90 Å². The Kier molecular flexibility index (Phi) is 4.60. The van der Waals surface area contributed by atoms with E-state index in [4.69, 9.17) is 0 Å². The van der Waals surface area contributed by atoms with E-state index in [-0.39, 0.29) is 24.9 Å². The van der Waals surface area contributed by atoms with Gasteiger partial charge < -0.3 is 4.90 Å². The Labute approximate surface area is 124 Å². The predicted molar refractivity (Wildman–Crippen MR) is 74.2 cm³/mol. The second kappa shape index (κ2) is 5.81. The molecule has 2 aliphatic rings. The van der Waals surface area contributed by atoms with Crippen LogP contribution in [-0.4, -0.2) is 69.6 Å². The molecule has 21 heavy (non-hydrogen) atoms. The van der Waals surface area contributed by atoms with E-state index in [1.165, 1.54) is 4.31 Å². The van der Waals surface area contributed by atoms with Crippen LogP contribution < -0.4 is 0 Å². The molecule has 0 N–H and O–H groups in total. The fourth-order valence-electron chi connectivity index (χ4n) is 3.04. The number of likely N-dealkylation sites (tertiary alicyclic amines) is 1. The summed E-state index contributed by atoms with van der Waals surface area (Å²) in [6.07, 6.45) is 2.23. The molecule has 2 aliphatic heterocycles. The molecule has 2 heterocycles. The molecule has 2 rings (SSSR count). The summed E-state index contributed by atoms with van der Waals surface area (Å²) in [5.41, 5.74) is 0. The molecule has 0 aromatic heterocycles. The van der Waals surface area contributed by atoms with Gasteiger partial charge in [-0.3, -0.25) is 4.79 Å². The standard InChI is InChI=1S/C11H19FN2O5S2/c1-20(16,17)13-4-2-10(3-5-13)14-7-9(6-11(14)15)8-21(12,18)19/h9-10H,2-8H2,1H3. The van der Waals surface area contributed by atoms with Crippen LogP contribution in [0.15, 0.2) is 0 Å². The van der Waals surface area contributed by atoms with Gasteiger partial charge in [-0.1, -0.05) is 0 Å². The van der Waals surface area contributed by atoms with Crippen LogP contribution in [0.4, 0.5) is 3.89 Å². The minimum atomic E-state index is -4.58. The van der Waals surface area contributed by atoms with E-state index in [2.05, 4.69) is 0 Å². The van der Waals surface area contributed by atoms with E-state index < -0.39 is 31.9 Å². The van der Waals surface area contributed by atoms with E-state index in [0.29, 0.717) is 25.9 Å². The Morgan fingerprint density at radius 1 is 1.19 bits per heavy atom. The second-order valence-electron chi connectivity index (χ2n) is 5.71. The van der Waals surface area contributed by atoms with Crippen molar-refractivity contribution < 1.29 is 25.5 Å². The van der Waals surface area contributed by atoms with Crippen molar-refractivity contribution in [3.8, 4) is 0 Å². The zero-order valence-corrected chi connectivity index (χ0v) is 13.4. The second-order valence-corrected chi connectivity index (χ2v) is 9.11. The summed E-state index contributed by atoms with van der Waals surface area (Å²) in [4.78, 5) is 13.5. The number of amides is 1. The predicted octanol–water partition coefficient (Wildman–Crippen LogP) is -0.442. The Morgan fingerprint density at radius 3 is 2.24 bits per heavy atom. The number of sulfonamides is 1. The third-order valence-corrected chi connectivity index (χ3v) is 6.18. The lowest BCUT2D eigenvalue weighted by Crippen LogP contribution is -2.47. The van der Waals surface area contributed by atoms with Gasteiger partial charge in [0.15, 0.2) is 0 Å². The SMILES string of the molecule is CS(=O)(=O)N1CCC(N2CC(CS(=O)(=O)F)CC2=O)CC1. The number of nitrogens with zero attached hydrogens (tertiary/aromatic N) is 2. The maximum absolute atomic E-state index is 12.7. The van der Waals surface area contributed by atoms with Crippen molar-refractivity contribution in [1.82, 2.24) is 9.21 Å². The van der Waals surface area contributed by atoms with Crippen LogP contribution >= 0.6 is 0 Å². The molecular weight excluding hydrogens is 323 g/mol. The van der Waals surface area contributed by atoms with Gasteiger partial charge in [-0.05, 0) is 12.8 Å². The number of rotatable bonds is 4. The first-order valence-corrected chi connectivity index (χ1v) is 10.1. The highest BCUT2D eigenvalue weighted by Crippen LogP contribution is 2.27. The molecule has 0 aliphatic carbocycles. The third kappa shape index (κ3) is 4.36. The van der Waals surface area contributed by atoms with Crippen molar-refractivity contribution in [2.75, 3.05) is 31.6 Å². The van der Waals surface area contributed by atoms with Crippen molar-refractivity contribution in [3.05, 3.63) is 0 Å². The molecule has 10 heteroatoms. The molecule has 7 nitrogen and oxygen atoms in total. The smallest absolute Gasteiger partial charge is 0.302 e. The number of hydrogen-bond donors (Lipinski definition) is 0. The maximum Gasteiger partial charge on any atom is 0.302 e. The van der Waals surface area contributed by atoms with E-state index in [0.717, 1.165) is 6.26 Å². The van der Waals surface area contributed by atoms with Gasteiger partial charge in [-0.15, -0.1) is 3.89 Å². The highest BCUT2D eigenvalue weighted by Gasteiger charge is 2.38. The lowest BCUT2D eigenvalue weighted by molar-refractivity contribution is -0.130. The summed E-state index contributed by atoms with van der Waals surface area (Å²) in [7, 11) is -7.80. The molecule has 0 aromatic rings. The van der Waals surface area contributed by atoms with Crippen molar-refractivity contribution in [1.29, 1.82) is 0 Å². The van der Waals surface area contributed by atoms with Gasteiger partial charge in [0.2, 0.25) is 15.9 Å². The number of piperidine rings is 1.